The normalized spacial score (nSPS) is 10.5. The molecule has 0 spiro atoms. The number of anilines is 1. The molecule has 2 heterocycles. The van der Waals surface area contributed by atoms with Crippen LogP contribution in [0.3, 0.4) is 0 Å². The summed E-state index contributed by atoms with van der Waals surface area (Å²) in [6.07, 6.45) is 1.18. The van der Waals surface area contributed by atoms with E-state index >= 15 is 0 Å². The Hall–Kier alpha value is -1.63. The zero-order valence-corrected chi connectivity index (χ0v) is 10.7. The number of amides is 1. The van der Waals surface area contributed by atoms with Crippen molar-refractivity contribution in [3.05, 3.63) is 16.8 Å². The summed E-state index contributed by atoms with van der Waals surface area (Å²) in [5.41, 5.74) is 0. The second kappa shape index (κ2) is 5.13. The molecular weight excluding hydrogens is 290 g/mol. The number of halogens is 1. The highest BCUT2D eigenvalue weighted by Crippen LogP contribution is 2.24. The third-order valence-electron chi connectivity index (χ3n) is 1.93. The number of nitrogens with zero attached hydrogens (tertiary/aromatic N) is 2. The van der Waals surface area contributed by atoms with E-state index in [4.69, 9.17) is 8.83 Å². The molecule has 2 aromatic heterocycles. The molecule has 0 radical (unpaired) electrons. The van der Waals surface area contributed by atoms with Gasteiger partial charge in [0.25, 0.3) is 5.89 Å². The molecule has 0 aliphatic heterocycles. The topological polar surface area (TPSA) is 81.2 Å². The van der Waals surface area contributed by atoms with Crippen molar-refractivity contribution < 1.29 is 13.6 Å². The lowest BCUT2D eigenvalue weighted by Gasteiger charge is -1.96. The summed E-state index contributed by atoms with van der Waals surface area (Å²) in [6.45, 7) is 1.92. The van der Waals surface area contributed by atoms with Crippen LogP contribution >= 0.6 is 15.9 Å². The second-order valence-corrected chi connectivity index (χ2v) is 4.10. The molecule has 7 heteroatoms. The van der Waals surface area contributed by atoms with E-state index in [0.717, 1.165) is 6.42 Å². The van der Waals surface area contributed by atoms with E-state index in [-0.39, 0.29) is 17.8 Å². The maximum absolute atomic E-state index is 11.3. The van der Waals surface area contributed by atoms with Crippen molar-refractivity contribution in [1.29, 1.82) is 0 Å². The molecular formula is C10H10BrN3O3. The molecule has 1 N–H and O–H groups in total. The predicted molar refractivity (Wildman–Crippen MR) is 63.2 cm³/mol. The zero-order valence-electron chi connectivity index (χ0n) is 9.07. The summed E-state index contributed by atoms with van der Waals surface area (Å²) in [5, 5.41) is 9.97. The first-order valence-electron chi connectivity index (χ1n) is 5.08. The van der Waals surface area contributed by atoms with Crippen LogP contribution in [-0.2, 0) is 4.79 Å². The summed E-state index contributed by atoms with van der Waals surface area (Å²) >= 11 is 3.17. The quantitative estimate of drug-likeness (QED) is 0.939. The average molecular weight is 300 g/mol. The molecule has 0 aliphatic carbocycles. The fourth-order valence-electron chi connectivity index (χ4n) is 1.21. The van der Waals surface area contributed by atoms with Gasteiger partial charge in [0.05, 0.1) is 0 Å². The molecule has 0 saturated heterocycles. The van der Waals surface area contributed by atoms with Gasteiger partial charge in [-0.2, -0.15) is 0 Å². The standard InChI is InChI=1S/C10H10BrN3O3/c1-2-3-8(15)12-10-14-13-9(17-10)6-4-5-7(11)16-6/h4-5H,2-3H2,1H3,(H,12,14,15). The molecule has 6 nitrogen and oxygen atoms in total. The molecule has 0 aromatic carbocycles. The fourth-order valence-corrected chi connectivity index (χ4v) is 1.52. The van der Waals surface area contributed by atoms with Crippen molar-refractivity contribution in [2.24, 2.45) is 0 Å². The van der Waals surface area contributed by atoms with Gasteiger partial charge in [-0.1, -0.05) is 12.0 Å². The van der Waals surface area contributed by atoms with Gasteiger partial charge in [0, 0.05) is 6.42 Å². The highest BCUT2D eigenvalue weighted by Gasteiger charge is 2.13. The minimum atomic E-state index is -0.150. The molecule has 0 unspecified atom stereocenters. The number of carbonyl (C=O) groups is 1. The van der Waals surface area contributed by atoms with E-state index in [9.17, 15) is 4.79 Å². The van der Waals surface area contributed by atoms with Crippen molar-refractivity contribution >= 4 is 27.9 Å². The molecule has 17 heavy (non-hydrogen) atoms. The molecule has 90 valence electrons. The van der Waals surface area contributed by atoms with Gasteiger partial charge in [0.1, 0.15) is 0 Å². The Morgan fingerprint density at radius 2 is 2.24 bits per heavy atom. The van der Waals surface area contributed by atoms with Crippen molar-refractivity contribution in [2.75, 3.05) is 5.32 Å². The Morgan fingerprint density at radius 3 is 2.88 bits per heavy atom. The highest BCUT2D eigenvalue weighted by molar-refractivity contribution is 9.10. The van der Waals surface area contributed by atoms with Gasteiger partial charge in [-0.25, -0.2) is 0 Å². The minimum absolute atomic E-state index is 0.0750. The zero-order chi connectivity index (χ0) is 12.3. The highest BCUT2D eigenvalue weighted by atomic mass is 79.9. The molecule has 2 aromatic rings. The minimum Gasteiger partial charge on any atom is -0.444 e. The van der Waals surface area contributed by atoms with Crippen LogP contribution in [0.5, 0.6) is 0 Å². The number of nitrogens with one attached hydrogen (secondary N) is 1. The van der Waals surface area contributed by atoms with E-state index < -0.39 is 0 Å². The van der Waals surface area contributed by atoms with Crippen LogP contribution in [0.4, 0.5) is 6.01 Å². The van der Waals surface area contributed by atoms with E-state index in [1.54, 1.807) is 12.1 Å². The van der Waals surface area contributed by atoms with Crippen LogP contribution in [-0.4, -0.2) is 16.1 Å². The average Bonchev–Trinajstić information content (AvgIpc) is 2.87. The third kappa shape index (κ3) is 2.94. The Balaban J connectivity index is 2.08. The van der Waals surface area contributed by atoms with E-state index in [0.29, 0.717) is 16.9 Å². The lowest BCUT2D eigenvalue weighted by molar-refractivity contribution is -0.116. The maximum Gasteiger partial charge on any atom is 0.322 e. The van der Waals surface area contributed by atoms with E-state index in [1.807, 2.05) is 6.92 Å². The first-order chi connectivity index (χ1) is 8.19. The Kier molecular flexibility index (Phi) is 3.58. The van der Waals surface area contributed by atoms with Gasteiger partial charge < -0.3 is 8.83 Å². The Bertz CT molecular complexity index is 520. The molecule has 0 atom stereocenters. The van der Waals surface area contributed by atoms with Gasteiger partial charge in [0.15, 0.2) is 10.4 Å². The third-order valence-corrected chi connectivity index (χ3v) is 2.36. The van der Waals surface area contributed by atoms with Crippen molar-refractivity contribution in [3.8, 4) is 11.7 Å². The van der Waals surface area contributed by atoms with Crippen molar-refractivity contribution in [1.82, 2.24) is 10.2 Å². The van der Waals surface area contributed by atoms with E-state index in [2.05, 4.69) is 31.4 Å². The lowest BCUT2D eigenvalue weighted by atomic mass is 10.3. The van der Waals surface area contributed by atoms with Gasteiger partial charge in [-0.15, -0.1) is 5.10 Å². The van der Waals surface area contributed by atoms with Gasteiger partial charge in [0.2, 0.25) is 5.91 Å². The van der Waals surface area contributed by atoms with Crippen LogP contribution in [0, 0.1) is 0 Å². The Labute approximate surface area is 106 Å². The largest absolute Gasteiger partial charge is 0.444 e. The number of carbonyl (C=O) groups excluding carboxylic acids is 1. The number of rotatable bonds is 4. The monoisotopic (exact) mass is 299 g/mol. The van der Waals surface area contributed by atoms with Crippen LogP contribution in [0.1, 0.15) is 19.8 Å². The van der Waals surface area contributed by atoms with Crippen molar-refractivity contribution in [3.63, 3.8) is 0 Å². The number of hydrogen-bond donors (Lipinski definition) is 1. The van der Waals surface area contributed by atoms with Crippen LogP contribution in [0.25, 0.3) is 11.7 Å². The Morgan fingerprint density at radius 1 is 1.41 bits per heavy atom. The number of hydrogen-bond acceptors (Lipinski definition) is 5. The molecule has 0 aliphatic rings. The summed E-state index contributed by atoms with van der Waals surface area (Å²) in [4.78, 5) is 11.3. The second-order valence-electron chi connectivity index (χ2n) is 3.31. The summed E-state index contributed by atoms with van der Waals surface area (Å²) in [6, 6.07) is 3.48. The lowest BCUT2D eigenvalue weighted by Crippen LogP contribution is -2.10. The molecule has 0 fully saturated rings. The fraction of sp³-hybridized carbons (Fsp3) is 0.300. The molecule has 2 rings (SSSR count). The van der Waals surface area contributed by atoms with Crippen LogP contribution < -0.4 is 5.32 Å². The maximum atomic E-state index is 11.3. The van der Waals surface area contributed by atoms with Gasteiger partial charge >= 0.3 is 6.01 Å². The SMILES string of the molecule is CCCC(=O)Nc1nnc(-c2ccc(Br)o2)o1. The number of aromatic nitrogens is 2. The predicted octanol–water partition coefficient (Wildman–Crippen LogP) is 2.83. The van der Waals surface area contributed by atoms with Gasteiger partial charge in [-0.3, -0.25) is 10.1 Å². The summed E-state index contributed by atoms with van der Waals surface area (Å²) < 4.78 is 11.0. The van der Waals surface area contributed by atoms with Crippen LogP contribution in [0.2, 0.25) is 0 Å². The van der Waals surface area contributed by atoms with E-state index in [1.165, 1.54) is 0 Å². The van der Waals surface area contributed by atoms with Gasteiger partial charge in [-0.05, 0) is 34.5 Å². The molecule has 1 amide bonds. The smallest absolute Gasteiger partial charge is 0.322 e. The molecule has 0 bridgehead atoms. The number of furan rings is 1. The summed E-state index contributed by atoms with van der Waals surface area (Å²) in [7, 11) is 0. The molecule has 0 saturated carbocycles. The summed E-state index contributed by atoms with van der Waals surface area (Å²) in [5.74, 6) is 0.520. The first-order valence-corrected chi connectivity index (χ1v) is 5.87. The van der Waals surface area contributed by atoms with Crippen molar-refractivity contribution in [2.45, 2.75) is 19.8 Å². The first kappa shape index (κ1) is 11.8. The van der Waals surface area contributed by atoms with Crippen LogP contribution in [0.15, 0.2) is 25.6 Å².